The predicted molar refractivity (Wildman–Crippen MR) is 106 cm³/mol. The van der Waals surface area contributed by atoms with Gasteiger partial charge in [-0.05, 0) is 42.7 Å². The summed E-state index contributed by atoms with van der Waals surface area (Å²) < 4.78 is 5.81. The van der Waals surface area contributed by atoms with E-state index in [-0.39, 0.29) is 5.91 Å². The number of fused-ring (bicyclic) bond motifs is 1. The van der Waals surface area contributed by atoms with Crippen LogP contribution in [-0.4, -0.2) is 28.4 Å². The van der Waals surface area contributed by atoms with Gasteiger partial charge in [0, 0.05) is 30.4 Å². The number of hydrogen-bond acceptors (Lipinski definition) is 3. The largest absolute Gasteiger partial charge is 0.473 e. The summed E-state index contributed by atoms with van der Waals surface area (Å²) in [5, 5.41) is 0. The Bertz CT molecular complexity index is 777. The number of pyridine rings is 1. The third-order valence-corrected chi connectivity index (χ3v) is 6.21. The van der Waals surface area contributed by atoms with E-state index in [1.54, 1.807) is 12.3 Å². The van der Waals surface area contributed by atoms with Gasteiger partial charge in [0.25, 0.3) is 5.91 Å². The van der Waals surface area contributed by atoms with Crippen molar-refractivity contribution in [2.45, 2.75) is 51.7 Å². The Morgan fingerprint density at radius 3 is 2.81 bits per heavy atom. The lowest BCUT2D eigenvalue weighted by Crippen LogP contribution is -2.52. The molecule has 142 valence electrons. The zero-order chi connectivity index (χ0) is 18.6. The maximum absolute atomic E-state index is 13.2. The number of likely N-dealkylation sites (tertiary alicyclic amines) is 1. The minimum Gasteiger partial charge on any atom is -0.473 e. The number of nitrogens with zero attached hydrogens (tertiary/aromatic N) is 2. The topological polar surface area (TPSA) is 42.4 Å². The van der Waals surface area contributed by atoms with Crippen molar-refractivity contribution in [3.05, 3.63) is 59.8 Å². The van der Waals surface area contributed by atoms with Crippen LogP contribution in [0.5, 0.6) is 5.88 Å². The van der Waals surface area contributed by atoms with E-state index in [1.165, 1.54) is 19.3 Å². The fraction of sp³-hybridized carbons (Fsp3) is 0.478. The molecule has 1 aliphatic carbocycles. The van der Waals surface area contributed by atoms with Gasteiger partial charge in [-0.1, -0.05) is 50.1 Å². The number of hydrogen-bond donors (Lipinski definition) is 0. The fourth-order valence-corrected chi connectivity index (χ4v) is 4.68. The predicted octanol–water partition coefficient (Wildman–Crippen LogP) is 4.70. The van der Waals surface area contributed by atoms with Crippen molar-refractivity contribution < 1.29 is 9.53 Å². The number of ether oxygens (including phenoxy) is 1. The number of piperidine rings is 1. The van der Waals surface area contributed by atoms with Gasteiger partial charge in [-0.25, -0.2) is 4.98 Å². The van der Waals surface area contributed by atoms with E-state index in [0.717, 1.165) is 30.9 Å². The average Bonchev–Trinajstić information content (AvgIpc) is 2.73. The standard InChI is InChI=1S/C23H28N2O2/c1-17-12-14-25(21-10-6-5-9-20(17)21)23(26)19-11-13-24-22(15-19)27-16-18-7-3-2-4-8-18/h2-4,7-8,11,13,15,17,20-21H,5-6,9-10,12,14,16H2,1H3. The fourth-order valence-electron chi connectivity index (χ4n) is 4.68. The summed E-state index contributed by atoms with van der Waals surface area (Å²) in [4.78, 5) is 19.6. The molecule has 4 nitrogen and oxygen atoms in total. The smallest absolute Gasteiger partial charge is 0.254 e. The lowest BCUT2D eigenvalue weighted by molar-refractivity contribution is 0.0217. The Morgan fingerprint density at radius 1 is 1.15 bits per heavy atom. The van der Waals surface area contributed by atoms with Gasteiger partial charge in [-0.2, -0.15) is 0 Å². The molecular weight excluding hydrogens is 336 g/mol. The van der Waals surface area contributed by atoms with Gasteiger partial charge >= 0.3 is 0 Å². The highest BCUT2D eigenvalue weighted by Gasteiger charge is 2.39. The van der Waals surface area contributed by atoms with Gasteiger partial charge in [0.05, 0.1) is 0 Å². The van der Waals surface area contributed by atoms with Crippen LogP contribution in [-0.2, 0) is 6.61 Å². The SMILES string of the molecule is CC1CCN(C(=O)c2ccnc(OCc3ccccc3)c2)C2CCCCC12. The van der Waals surface area contributed by atoms with Gasteiger partial charge < -0.3 is 9.64 Å². The molecule has 4 rings (SSSR count). The molecule has 3 atom stereocenters. The van der Waals surface area contributed by atoms with Crippen LogP contribution in [0.25, 0.3) is 0 Å². The molecule has 1 aromatic carbocycles. The number of carbonyl (C=O) groups is 1. The first-order chi connectivity index (χ1) is 13.2. The van der Waals surface area contributed by atoms with E-state index in [1.807, 2.05) is 36.4 Å². The number of carbonyl (C=O) groups excluding carboxylic acids is 1. The molecule has 2 heterocycles. The van der Waals surface area contributed by atoms with Crippen LogP contribution in [0, 0.1) is 11.8 Å². The van der Waals surface area contributed by atoms with E-state index >= 15 is 0 Å². The van der Waals surface area contributed by atoms with Gasteiger partial charge in [0.1, 0.15) is 6.61 Å². The summed E-state index contributed by atoms with van der Waals surface area (Å²) in [5.74, 6) is 2.02. The first kappa shape index (κ1) is 18.0. The Morgan fingerprint density at radius 2 is 1.96 bits per heavy atom. The summed E-state index contributed by atoms with van der Waals surface area (Å²) in [5.41, 5.74) is 1.78. The van der Waals surface area contributed by atoms with E-state index < -0.39 is 0 Å². The first-order valence-corrected chi connectivity index (χ1v) is 10.2. The van der Waals surface area contributed by atoms with E-state index in [9.17, 15) is 4.79 Å². The highest BCUT2D eigenvalue weighted by molar-refractivity contribution is 5.94. The molecule has 27 heavy (non-hydrogen) atoms. The second-order valence-electron chi connectivity index (χ2n) is 7.94. The molecule has 1 aliphatic heterocycles. The molecule has 1 saturated heterocycles. The summed E-state index contributed by atoms with van der Waals surface area (Å²) in [7, 11) is 0. The quantitative estimate of drug-likeness (QED) is 0.790. The minimum absolute atomic E-state index is 0.130. The first-order valence-electron chi connectivity index (χ1n) is 10.2. The lowest BCUT2D eigenvalue weighted by Gasteiger charge is -2.47. The lowest BCUT2D eigenvalue weighted by atomic mass is 9.72. The van der Waals surface area contributed by atoms with Crippen molar-refractivity contribution in [3.8, 4) is 5.88 Å². The third-order valence-electron chi connectivity index (χ3n) is 6.21. The normalized spacial score (nSPS) is 24.9. The molecular formula is C23H28N2O2. The maximum atomic E-state index is 13.2. The van der Waals surface area contributed by atoms with Gasteiger partial charge in [0.2, 0.25) is 5.88 Å². The zero-order valence-corrected chi connectivity index (χ0v) is 16.0. The third kappa shape index (κ3) is 4.00. The molecule has 4 heteroatoms. The summed E-state index contributed by atoms with van der Waals surface area (Å²) in [6.07, 6.45) is 7.73. The summed E-state index contributed by atoms with van der Waals surface area (Å²) in [6.45, 7) is 3.67. The van der Waals surface area contributed by atoms with E-state index in [2.05, 4.69) is 16.8 Å². The molecule has 2 fully saturated rings. The molecule has 0 bridgehead atoms. The molecule has 1 saturated carbocycles. The highest BCUT2D eigenvalue weighted by atomic mass is 16.5. The molecule has 2 aromatic rings. The molecule has 0 N–H and O–H groups in total. The second-order valence-corrected chi connectivity index (χ2v) is 7.94. The molecule has 2 aliphatic rings. The summed E-state index contributed by atoms with van der Waals surface area (Å²) in [6, 6.07) is 14.0. The van der Waals surface area contributed by atoms with Crippen LogP contribution in [0.15, 0.2) is 48.7 Å². The van der Waals surface area contributed by atoms with Crippen LogP contribution >= 0.6 is 0 Å². The second kappa shape index (κ2) is 8.12. The maximum Gasteiger partial charge on any atom is 0.254 e. The van der Waals surface area contributed by atoms with Gasteiger partial charge in [0.15, 0.2) is 0 Å². The van der Waals surface area contributed by atoms with Crippen molar-refractivity contribution in [2.24, 2.45) is 11.8 Å². The van der Waals surface area contributed by atoms with E-state index in [0.29, 0.717) is 30.0 Å². The average molecular weight is 364 g/mol. The number of rotatable bonds is 4. The van der Waals surface area contributed by atoms with Gasteiger partial charge in [-0.3, -0.25) is 4.79 Å². The van der Waals surface area contributed by atoms with Gasteiger partial charge in [-0.15, -0.1) is 0 Å². The van der Waals surface area contributed by atoms with Crippen LogP contribution in [0.1, 0.15) is 54.9 Å². The Kier molecular flexibility index (Phi) is 5.42. The van der Waals surface area contributed by atoms with Crippen LogP contribution in [0.4, 0.5) is 0 Å². The number of amides is 1. The van der Waals surface area contributed by atoms with Crippen molar-refractivity contribution in [1.29, 1.82) is 0 Å². The molecule has 1 amide bonds. The highest BCUT2D eigenvalue weighted by Crippen LogP contribution is 2.39. The molecule has 0 radical (unpaired) electrons. The Balaban J connectivity index is 1.47. The van der Waals surface area contributed by atoms with Crippen molar-refractivity contribution in [2.75, 3.05) is 6.54 Å². The monoisotopic (exact) mass is 364 g/mol. The summed E-state index contributed by atoms with van der Waals surface area (Å²) >= 11 is 0. The molecule has 1 aromatic heterocycles. The molecule has 0 spiro atoms. The Labute approximate surface area is 161 Å². The van der Waals surface area contributed by atoms with E-state index in [4.69, 9.17) is 4.74 Å². The van der Waals surface area contributed by atoms with Crippen molar-refractivity contribution in [3.63, 3.8) is 0 Å². The zero-order valence-electron chi connectivity index (χ0n) is 16.0. The van der Waals surface area contributed by atoms with Crippen molar-refractivity contribution >= 4 is 5.91 Å². The van der Waals surface area contributed by atoms with Crippen LogP contribution < -0.4 is 4.74 Å². The van der Waals surface area contributed by atoms with Crippen LogP contribution in [0.2, 0.25) is 0 Å². The number of aromatic nitrogens is 1. The molecule has 3 unspecified atom stereocenters. The minimum atomic E-state index is 0.130. The number of benzene rings is 1. The Hall–Kier alpha value is -2.36. The van der Waals surface area contributed by atoms with Crippen molar-refractivity contribution in [1.82, 2.24) is 9.88 Å². The van der Waals surface area contributed by atoms with Crippen LogP contribution in [0.3, 0.4) is 0 Å².